The molecule has 0 N–H and O–H groups in total. The van der Waals surface area contributed by atoms with Crippen LogP contribution in [-0.2, 0) is 0 Å². The molecule has 2 saturated heterocycles. The first-order valence-corrected chi connectivity index (χ1v) is 10.0. The molecular weight excluding hydrogens is 340 g/mol. The molecule has 3 heterocycles. The van der Waals surface area contributed by atoms with Crippen LogP contribution in [0.4, 0.5) is 0 Å². The SMILES string of the molecule is c1cc2c(cc1OCCN1CCC1)oc1cc(OCCN3CCC3)ccc12. The zero-order valence-corrected chi connectivity index (χ0v) is 15.7. The monoisotopic (exact) mass is 366 g/mol. The molecule has 1 aromatic heterocycles. The molecule has 0 saturated carbocycles. The van der Waals surface area contributed by atoms with E-state index in [1.807, 2.05) is 24.3 Å². The fraction of sp³-hybridized carbons (Fsp3) is 0.455. The van der Waals surface area contributed by atoms with Crippen molar-refractivity contribution in [2.45, 2.75) is 12.8 Å². The summed E-state index contributed by atoms with van der Waals surface area (Å²) in [4.78, 5) is 4.81. The summed E-state index contributed by atoms with van der Waals surface area (Å²) in [5.74, 6) is 1.74. The fourth-order valence-corrected chi connectivity index (χ4v) is 3.71. The van der Waals surface area contributed by atoms with Crippen molar-refractivity contribution in [3.8, 4) is 11.5 Å². The zero-order valence-electron chi connectivity index (χ0n) is 15.7. The number of nitrogens with zero attached hydrogens (tertiary/aromatic N) is 2. The Morgan fingerprint density at radius 1 is 0.704 bits per heavy atom. The van der Waals surface area contributed by atoms with Crippen LogP contribution in [0.2, 0.25) is 0 Å². The maximum absolute atomic E-state index is 6.07. The molecule has 142 valence electrons. The van der Waals surface area contributed by atoms with Crippen molar-refractivity contribution >= 4 is 21.9 Å². The molecule has 0 atom stereocenters. The Bertz CT molecular complexity index is 854. The lowest BCUT2D eigenvalue weighted by Gasteiger charge is -2.30. The molecule has 2 aliphatic rings. The highest BCUT2D eigenvalue weighted by Gasteiger charge is 2.14. The lowest BCUT2D eigenvalue weighted by Crippen LogP contribution is -2.39. The standard InChI is InChI=1S/C22H26N2O3/c1-7-23(8-1)11-13-25-17-3-5-19-20-6-4-18(16-22(20)27-21(19)15-17)26-14-12-24-9-2-10-24/h3-6,15-16H,1-2,7-14H2. The van der Waals surface area contributed by atoms with Crippen LogP contribution < -0.4 is 9.47 Å². The highest BCUT2D eigenvalue weighted by atomic mass is 16.5. The number of ether oxygens (including phenoxy) is 2. The molecule has 5 nitrogen and oxygen atoms in total. The summed E-state index contributed by atoms with van der Waals surface area (Å²) in [6.07, 6.45) is 2.63. The van der Waals surface area contributed by atoms with Crippen molar-refractivity contribution in [2.75, 3.05) is 52.5 Å². The van der Waals surface area contributed by atoms with Gasteiger partial charge >= 0.3 is 0 Å². The Labute approximate surface area is 159 Å². The van der Waals surface area contributed by atoms with Gasteiger partial charge in [-0.3, -0.25) is 9.80 Å². The first-order chi connectivity index (χ1) is 13.3. The van der Waals surface area contributed by atoms with Gasteiger partial charge in [-0.25, -0.2) is 0 Å². The Balaban J connectivity index is 1.27. The molecule has 0 radical (unpaired) electrons. The largest absolute Gasteiger partial charge is 0.492 e. The van der Waals surface area contributed by atoms with Crippen molar-refractivity contribution in [2.24, 2.45) is 0 Å². The third kappa shape index (κ3) is 3.62. The van der Waals surface area contributed by atoms with Crippen LogP contribution >= 0.6 is 0 Å². The second kappa shape index (κ2) is 7.41. The number of fused-ring (bicyclic) bond motifs is 3. The van der Waals surface area contributed by atoms with Gasteiger partial charge in [0.05, 0.1) is 0 Å². The number of rotatable bonds is 8. The molecule has 3 aromatic rings. The summed E-state index contributed by atoms with van der Waals surface area (Å²) in [6.45, 7) is 8.25. The molecule has 27 heavy (non-hydrogen) atoms. The topological polar surface area (TPSA) is 38.1 Å². The summed E-state index contributed by atoms with van der Waals surface area (Å²) < 4.78 is 17.9. The summed E-state index contributed by atoms with van der Waals surface area (Å²) in [7, 11) is 0. The van der Waals surface area contributed by atoms with E-state index in [0.29, 0.717) is 0 Å². The quantitative estimate of drug-likeness (QED) is 0.607. The van der Waals surface area contributed by atoms with Gasteiger partial charge < -0.3 is 13.9 Å². The molecule has 2 aromatic carbocycles. The lowest BCUT2D eigenvalue weighted by molar-refractivity contribution is 0.147. The Morgan fingerprint density at radius 2 is 1.19 bits per heavy atom. The fourth-order valence-electron chi connectivity index (χ4n) is 3.71. The van der Waals surface area contributed by atoms with Crippen LogP contribution in [0.15, 0.2) is 40.8 Å². The number of benzene rings is 2. The molecule has 0 amide bonds. The summed E-state index contributed by atoms with van der Waals surface area (Å²) >= 11 is 0. The number of hydrogen-bond acceptors (Lipinski definition) is 5. The molecule has 5 heteroatoms. The van der Waals surface area contributed by atoms with E-state index in [1.165, 1.54) is 39.0 Å². The van der Waals surface area contributed by atoms with Crippen LogP contribution in [0.5, 0.6) is 11.5 Å². The van der Waals surface area contributed by atoms with Crippen LogP contribution in [0.25, 0.3) is 21.9 Å². The van der Waals surface area contributed by atoms with E-state index >= 15 is 0 Å². The van der Waals surface area contributed by atoms with Gasteiger partial charge in [-0.1, -0.05) is 0 Å². The predicted octanol–water partition coefficient (Wildman–Crippen LogP) is 3.76. The van der Waals surface area contributed by atoms with Gasteiger partial charge in [-0.15, -0.1) is 0 Å². The highest BCUT2D eigenvalue weighted by molar-refractivity contribution is 6.05. The molecule has 0 spiro atoms. The van der Waals surface area contributed by atoms with Gasteiger partial charge in [0.2, 0.25) is 0 Å². The van der Waals surface area contributed by atoms with Crippen molar-refractivity contribution < 1.29 is 13.9 Å². The first-order valence-electron chi connectivity index (χ1n) is 10.0. The molecule has 2 fully saturated rings. The van der Waals surface area contributed by atoms with Crippen LogP contribution in [0.3, 0.4) is 0 Å². The van der Waals surface area contributed by atoms with E-state index in [2.05, 4.69) is 21.9 Å². The molecule has 0 bridgehead atoms. The van der Waals surface area contributed by atoms with E-state index in [0.717, 1.165) is 59.7 Å². The summed E-state index contributed by atoms with van der Waals surface area (Å²) in [6, 6.07) is 12.2. The van der Waals surface area contributed by atoms with E-state index in [9.17, 15) is 0 Å². The van der Waals surface area contributed by atoms with Crippen LogP contribution in [-0.4, -0.2) is 62.3 Å². The number of furan rings is 1. The first kappa shape index (κ1) is 16.9. The highest BCUT2D eigenvalue weighted by Crippen LogP contribution is 2.33. The normalized spacial score (nSPS) is 17.8. The van der Waals surface area contributed by atoms with Gasteiger partial charge in [0.25, 0.3) is 0 Å². The second-order valence-electron chi connectivity index (χ2n) is 7.51. The second-order valence-corrected chi connectivity index (χ2v) is 7.51. The Kier molecular flexibility index (Phi) is 4.64. The summed E-state index contributed by atoms with van der Waals surface area (Å²) in [5, 5.41) is 2.24. The Hall–Kier alpha value is -2.24. The van der Waals surface area contributed by atoms with Gasteiger partial charge in [-0.05, 0) is 63.3 Å². The minimum absolute atomic E-state index is 0.723. The van der Waals surface area contributed by atoms with Crippen LogP contribution in [0, 0.1) is 0 Å². The van der Waals surface area contributed by atoms with Gasteiger partial charge in [0, 0.05) is 36.0 Å². The third-order valence-electron chi connectivity index (χ3n) is 5.67. The zero-order chi connectivity index (χ0) is 18.1. The predicted molar refractivity (Wildman–Crippen MR) is 107 cm³/mol. The van der Waals surface area contributed by atoms with Crippen molar-refractivity contribution in [3.63, 3.8) is 0 Å². The Morgan fingerprint density at radius 3 is 1.59 bits per heavy atom. The molecular formula is C22H26N2O3. The van der Waals surface area contributed by atoms with Crippen molar-refractivity contribution in [1.82, 2.24) is 9.80 Å². The minimum atomic E-state index is 0.723. The summed E-state index contributed by atoms with van der Waals surface area (Å²) in [5.41, 5.74) is 1.73. The molecule has 0 aliphatic carbocycles. The van der Waals surface area contributed by atoms with E-state index in [-0.39, 0.29) is 0 Å². The smallest absolute Gasteiger partial charge is 0.139 e. The van der Waals surface area contributed by atoms with Crippen LogP contribution in [0.1, 0.15) is 12.8 Å². The average Bonchev–Trinajstić information content (AvgIpc) is 2.96. The molecule has 0 unspecified atom stereocenters. The van der Waals surface area contributed by atoms with E-state index < -0.39 is 0 Å². The van der Waals surface area contributed by atoms with Crippen molar-refractivity contribution in [3.05, 3.63) is 36.4 Å². The van der Waals surface area contributed by atoms with E-state index in [1.54, 1.807) is 0 Å². The van der Waals surface area contributed by atoms with Crippen molar-refractivity contribution in [1.29, 1.82) is 0 Å². The number of hydrogen-bond donors (Lipinski definition) is 0. The maximum Gasteiger partial charge on any atom is 0.139 e. The van der Waals surface area contributed by atoms with E-state index in [4.69, 9.17) is 13.9 Å². The lowest BCUT2D eigenvalue weighted by atomic mass is 10.1. The third-order valence-corrected chi connectivity index (χ3v) is 5.67. The van der Waals surface area contributed by atoms with Gasteiger partial charge in [0.15, 0.2) is 0 Å². The molecule has 2 aliphatic heterocycles. The molecule has 5 rings (SSSR count). The minimum Gasteiger partial charge on any atom is -0.492 e. The van der Waals surface area contributed by atoms with Gasteiger partial charge in [-0.2, -0.15) is 0 Å². The van der Waals surface area contributed by atoms with Gasteiger partial charge in [0.1, 0.15) is 35.9 Å². The number of likely N-dealkylation sites (tertiary alicyclic amines) is 2. The average molecular weight is 366 g/mol. The maximum atomic E-state index is 6.07.